The number of hydrogen-bond donors (Lipinski definition) is 0. The summed E-state index contributed by atoms with van der Waals surface area (Å²) < 4.78 is 73.3. The fourth-order valence-corrected chi connectivity index (χ4v) is 3.08. The molecule has 0 aliphatic heterocycles. The lowest BCUT2D eigenvalue weighted by molar-refractivity contribution is -0.141. The lowest BCUT2D eigenvalue weighted by Crippen LogP contribution is -2.09. The Morgan fingerprint density at radius 3 is 2.45 bits per heavy atom. The van der Waals surface area contributed by atoms with Gasteiger partial charge in [0.2, 0.25) is 5.88 Å². The summed E-state index contributed by atoms with van der Waals surface area (Å²) in [6.07, 6.45) is -1.94. The molecule has 0 N–H and O–H groups in total. The number of pyridine rings is 1. The van der Waals surface area contributed by atoms with E-state index < -0.39 is 27.5 Å². The van der Waals surface area contributed by atoms with Crippen molar-refractivity contribution in [2.45, 2.75) is 30.8 Å². The Hall–Kier alpha value is -2.62. The lowest BCUT2D eigenvalue weighted by Gasteiger charge is -2.14. The maximum absolute atomic E-state index is 13.1. The van der Waals surface area contributed by atoms with Crippen molar-refractivity contribution in [3.05, 3.63) is 42.1 Å². The van der Waals surface area contributed by atoms with Crippen LogP contribution < -0.4 is 4.74 Å². The first kappa shape index (κ1) is 22.7. The van der Waals surface area contributed by atoms with Gasteiger partial charge in [-0.05, 0) is 36.6 Å². The molecule has 0 radical (unpaired) electrons. The fourth-order valence-electron chi connectivity index (χ4n) is 2.41. The van der Waals surface area contributed by atoms with E-state index >= 15 is 0 Å². The smallest absolute Gasteiger partial charge is 0.417 e. The van der Waals surface area contributed by atoms with Crippen molar-refractivity contribution >= 4 is 15.8 Å². The van der Waals surface area contributed by atoms with Crippen molar-refractivity contribution in [3.8, 4) is 17.0 Å². The van der Waals surface area contributed by atoms with E-state index in [9.17, 15) is 26.4 Å². The molecule has 6 nitrogen and oxygen atoms in total. The van der Waals surface area contributed by atoms with Gasteiger partial charge in [-0.15, -0.1) is 0 Å². The second kappa shape index (κ2) is 9.25. The number of alkyl halides is 3. The minimum absolute atomic E-state index is 0.0280. The van der Waals surface area contributed by atoms with Crippen LogP contribution in [0.3, 0.4) is 0 Å². The zero-order chi connectivity index (χ0) is 21.7. The molecule has 0 saturated carbocycles. The Morgan fingerprint density at radius 1 is 1.14 bits per heavy atom. The van der Waals surface area contributed by atoms with Gasteiger partial charge < -0.3 is 9.47 Å². The molecule has 1 aromatic heterocycles. The molecular weight excluding hydrogens is 411 g/mol. The topological polar surface area (TPSA) is 82.6 Å². The SMILES string of the molecule is CC(=O)OCCCCOc1ncc(C(F)(F)F)cc1-c1cccc(S(C)(=O)=O)c1. The summed E-state index contributed by atoms with van der Waals surface area (Å²) in [4.78, 5) is 14.5. The number of unbranched alkanes of at least 4 members (excludes halogenated alkanes) is 1. The van der Waals surface area contributed by atoms with Gasteiger partial charge in [-0.2, -0.15) is 13.2 Å². The summed E-state index contributed by atoms with van der Waals surface area (Å²) in [5.74, 6) is -0.445. The van der Waals surface area contributed by atoms with Crippen molar-refractivity contribution in [1.29, 1.82) is 0 Å². The molecule has 0 amide bonds. The van der Waals surface area contributed by atoms with Crippen LogP contribution in [0.15, 0.2) is 41.4 Å². The van der Waals surface area contributed by atoms with Gasteiger partial charge in [0, 0.05) is 24.9 Å². The molecule has 0 aliphatic rings. The molecule has 0 spiro atoms. The monoisotopic (exact) mass is 431 g/mol. The fraction of sp³-hybridized carbons (Fsp3) is 0.368. The highest BCUT2D eigenvalue weighted by atomic mass is 32.2. The number of benzene rings is 1. The number of nitrogens with zero attached hydrogens (tertiary/aromatic N) is 1. The largest absolute Gasteiger partial charge is 0.477 e. The zero-order valence-electron chi connectivity index (χ0n) is 15.8. The van der Waals surface area contributed by atoms with Crippen molar-refractivity contribution in [1.82, 2.24) is 4.98 Å². The third-order valence-electron chi connectivity index (χ3n) is 3.83. The summed E-state index contributed by atoms with van der Waals surface area (Å²) >= 11 is 0. The lowest BCUT2D eigenvalue weighted by atomic mass is 10.1. The predicted molar refractivity (Wildman–Crippen MR) is 99.1 cm³/mol. The second-order valence-electron chi connectivity index (χ2n) is 6.27. The van der Waals surface area contributed by atoms with E-state index in [1.165, 1.54) is 31.2 Å². The summed E-state index contributed by atoms with van der Waals surface area (Å²) in [6.45, 7) is 1.64. The van der Waals surface area contributed by atoms with Crippen LogP contribution in [-0.2, 0) is 25.5 Å². The zero-order valence-corrected chi connectivity index (χ0v) is 16.6. The van der Waals surface area contributed by atoms with Crippen LogP contribution in [0, 0.1) is 0 Å². The molecule has 0 saturated heterocycles. The molecule has 1 aromatic carbocycles. The van der Waals surface area contributed by atoms with Crippen LogP contribution in [0.2, 0.25) is 0 Å². The average Bonchev–Trinajstić information content (AvgIpc) is 2.63. The third kappa shape index (κ3) is 6.74. The molecular formula is C19H20F3NO5S. The van der Waals surface area contributed by atoms with E-state index in [4.69, 9.17) is 9.47 Å². The molecule has 0 aliphatic carbocycles. The Bertz CT molecular complexity index is 974. The van der Waals surface area contributed by atoms with Gasteiger partial charge in [-0.1, -0.05) is 12.1 Å². The number of halogens is 3. The summed E-state index contributed by atoms with van der Waals surface area (Å²) in [6, 6.07) is 6.44. The number of carbonyl (C=O) groups excluding carboxylic acids is 1. The number of aromatic nitrogens is 1. The van der Waals surface area contributed by atoms with E-state index in [2.05, 4.69) is 4.98 Å². The molecule has 10 heteroatoms. The number of hydrogen-bond acceptors (Lipinski definition) is 6. The van der Waals surface area contributed by atoms with Crippen molar-refractivity contribution in [3.63, 3.8) is 0 Å². The van der Waals surface area contributed by atoms with Crippen LogP contribution in [0.25, 0.3) is 11.1 Å². The maximum Gasteiger partial charge on any atom is 0.417 e. The standard InChI is InChI=1S/C19H20F3NO5S/c1-13(24)27-8-3-4-9-28-18-17(11-15(12-23-18)19(20,21)22)14-6-5-7-16(10-14)29(2,25)26/h5-7,10-12H,3-4,8-9H2,1-2H3. The number of carbonyl (C=O) groups is 1. The number of ether oxygens (including phenoxy) is 2. The molecule has 2 rings (SSSR count). The van der Waals surface area contributed by atoms with E-state index in [0.29, 0.717) is 19.0 Å². The van der Waals surface area contributed by atoms with E-state index in [0.717, 1.165) is 12.3 Å². The highest BCUT2D eigenvalue weighted by molar-refractivity contribution is 7.90. The molecule has 2 aromatic rings. The highest BCUT2D eigenvalue weighted by Gasteiger charge is 2.32. The van der Waals surface area contributed by atoms with Crippen molar-refractivity contribution in [2.24, 2.45) is 0 Å². The Kier molecular flexibility index (Phi) is 7.23. The van der Waals surface area contributed by atoms with Gasteiger partial charge in [0.05, 0.1) is 23.7 Å². The quantitative estimate of drug-likeness (QED) is 0.466. The van der Waals surface area contributed by atoms with Crippen LogP contribution >= 0.6 is 0 Å². The normalized spacial score (nSPS) is 11.9. The van der Waals surface area contributed by atoms with Gasteiger partial charge in [-0.3, -0.25) is 4.79 Å². The van der Waals surface area contributed by atoms with E-state index in [-0.39, 0.29) is 35.1 Å². The van der Waals surface area contributed by atoms with Crippen LogP contribution in [0.5, 0.6) is 5.88 Å². The maximum atomic E-state index is 13.1. The minimum Gasteiger partial charge on any atom is -0.477 e. The van der Waals surface area contributed by atoms with Crippen LogP contribution in [-0.4, -0.2) is 38.8 Å². The second-order valence-corrected chi connectivity index (χ2v) is 8.29. The predicted octanol–water partition coefficient (Wildman–Crippen LogP) is 3.89. The van der Waals surface area contributed by atoms with Gasteiger partial charge in [0.25, 0.3) is 0 Å². The first-order valence-electron chi connectivity index (χ1n) is 8.62. The molecule has 0 fully saturated rings. The van der Waals surface area contributed by atoms with Crippen molar-refractivity contribution < 1.29 is 35.9 Å². The molecule has 0 bridgehead atoms. The van der Waals surface area contributed by atoms with Gasteiger partial charge in [0.1, 0.15) is 0 Å². The Morgan fingerprint density at radius 2 is 1.83 bits per heavy atom. The number of esters is 1. The van der Waals surface area contributed by atoms with E-state index in [1.54, 1.807) is 0 Å². The van der Waals surface area contributed by atoms with Crippen LogP contribution in [0.4, 0.5) is 13.2 Å². The van der Waals surface area contributed by atoms with E-state index in [1.807, 2.05) is 0 Å². The van der Waals surface area contributed by atoms with Gasteiger partial charge >= 0.3 is 12.1 Å². The molecule has 1 heterocycles. The minimum atomic E-state index is -4.61. The third-order valence-corrected chi connectivity index (χ3v) is 4.94. The van der Waals surface area contributed by atoms with Crippen LogP contribution in [0.1, 0.15) is 25.3 Å². The van der Waals surface area contributed by atoms with Gasteiger partial charge in [-0.25, -0.2) is 13.4 Å². The summed E-state index contributed by atoms with van der Waals surface area (Å²) in [5, 5.41) is 0. The number of rotatable bonds is 8. The molecule has 158 valence electrons. The first-order valence-corrected chi connectivity index (χ1v) is 10.5. The molecule has 0 unspecified atom stereocenters. The van der Waals surface area contributed by atoms with Crippen molar-refractivity contribution in [2.75, 3.05) is 19.5 Å². The summed E-state index contributed by atoms with van der Waals surface area (Å²) in [7, 11) is -3.54. The molecule has 0 atom stereocenters. The molecule has 29 heavy (non-hydrogen) atoms. The first-order chi connectivity index (χ1) is 13.5. The summed E-state index contributed by atoms with van der Waals surface area (Å²) in [5.41, 5.74) is -0.703. The average molecular weight is 431 g/mol. The Labute approximate surface area is 166 Å². The van der Waals surface area contributed by atoms with Gasteiger partial charge in [0.15, 0.2) is 9.84 Å². The number of sulfone groups is 1. The Balaban J connectivity index is 2.29. The highest BCUT2D eigenvalue weighted by Crippen LogP contribution is 2.36.